The number of amides is 1. The van der Waals surface area contributed by atoms with Gasteiger partial charge in [0.05, 0.1) is 17.2 Å². The molecule has 0 atom stereocenters. The smallest absolute Gasteiger partial charge is 0.341 e. The Balaban J connectivity index is 1.70. The number of esters is 1. The Kier molecular flexibility index (Phi) is 5.78. The van der Waals surface area contributed by atoms with Crippen LogP contribution in [0.5, 0.6) is 5.75 Å². The summed E-state index contributed by atoms with van der Waals surface area (Å²) in [6.45, 7) is 1.70. The van der Waals surface area contributed by atoms with Crippen LogP contribution in [0.15, 0.2) is 18.2 Å². The second kappa shape index (κ2) is 8.05. The van der Waals surface area contributed by atoms with Crippen molar-refractivity contribution in [2.75, 3.05) is 18.5 Å². The minimum atomic E-state index is -0.487. The summed E-state index contributed by atoms with van der Waals surface area (Å²) < 4.78 is 23.5. The Morgan fingerprint density at radius 2 is 2.15 bits per heavy atom. The lowest BCUT2D eigenvalue weighted by Crippen LogP contribution is -2.21. The van der Waals surface area contributed by atoms with Crippen LogP contribution >= 0.6 is 22.9 Å². The van der Waals surface area contributed by atoms with Crippen LogP contribution in [0.4, 0.5) is 9.39 Å². The van der Waals surface area contributed by atoms with Gasteiger partial charge in [-0.15, -0.1) is 11.3 Å². The monoisotopic (exact) mass is 397 g/mol. The van der Waals surface area contributed by atoms with E-state index in [4.69, 9.17) is 21.1 Å². The number of thiophene rings is 1. The molecule has 1 aliphatic rings. The van der Waals surface area contributed by atoms with E-state index in [1.165, 1.54) is 23.5 Å². The molecule has 0 radical (unpaired) electrons. The average molecular weight is 398 g/mol. The van der Waals surface area contributed by atoms with Gasteiger partial charge in [-0.2, -0.15) is 0 Å². The number of anilines is 1. The molecule has 0 bridgehead atoms. The molecule has 26 heavy (non-hydrogen) atoms. The van der Waals surface area contributed by atoms with Gasteiger partial charge in [0.15, 0.2) is 6.61 Å². The predicted molar refractivity (Wildman–Crippen MR) is 97.8 cm³/mol. The summed E-state index contributed by atoms with van der Waals surface area (Å²) in [4.78, 5) is 25.6. The zero-order valence-corrected chi connectivity index (χ0v) is 15.6. The fourth-order valence-electron chi connectivity index (χ4n) is 2.81. The molecule has 3 rings (SSSR count). The van der Waals surface area contributed by atoms with Crippen LogP contribution in [-0.4, -0.2) is 25.1 Å². The number of hydrogen-bond donors (Lipinski definition) is 1. The molecule has 1 aromatic heterocycles. The summed E-state index contributed by atoms with van der Waals surface area (Å²) >= 11 is 7.26. The van der Waals surface area contributed by atoms with E-state index in [1.54, 1.807) is 6.92 Å². The van der Waals surface area contributed by atoms with Gasteiger partial charge in [-0.25, -0.2) is 9.18 Å². The fourth-order valence-corrected chi connectivity index (χ4v) is 4.33. The lowest BCUT2D eigenvalue weighted by atomic mass is 10.1. The second-order valence-electron chi connectivity index (χ2n) is 5.69. The molecule has 5 nitrogen and oxygen atoms in total. The van der Waals surface area contributed by atoms with Crippen molar-refractivity contribution in [1.29, 1.82) is 0 Å². The number of benzene rings is 1. The first-order valence-electron chi connectivity index (χ1n) is 8.19. The van der Waals surface area contributed by atoms with Crippen molar-refractivity contribution < 1.29 is 23.5 Å². The van der Waals surface area contributed by atoms with E-state index in [1.807, 2.05) is 0 Å². The summed E-state index contributed by atoms with van der Waals surface area (Å²) in [5.41, 5.74) is 1.41. The third-order valence-corrected chi connectivity index (χ3v) is 5.41. The zero-order chi connectivity index (χ0) is 18.7. The van der Waals surface area contributed by atoms with E-state index in [0.717, 1.165) is 35.8 Å². The Morgan fingerprint density at radius 3 is 2.88 bits per heavy atom. The molecule has 0 saturated carbocycles. The van der Waals surface area contributed by atoms with Crippen LogP contribution in [0.2, 0.25) is 5.02 Å². The van der Waals surface area contributed by atoms with Crippen molar-refractivity contribution in [2.24, 2.45) is 0 Å². The molecule has 1 aliphatic carbocycles. The Bertz CT molecular complexity index is 852. The highest BCUT2D eigenvalue weighted by Gasteiger charge is 2.28. The molecule has 1 amide bonds. The molecule has 1 aromatic carbocycles. The maximum atomic E-state index is 13.0. The van der Waals surface area contributed by atoms with Crippen LogP contribution in [0, 0.1) is 5.82 Å². The van der Waals surface area contributed by atoms with E-state index in [-0.39, 0.29) is 24.0 Å². The lowest BCUT2D eigenvalue weighted by molar-refractivity contribution is -0.118. The van der Waals surface area contributed by atoms with E-state index in [9.17, 15) is 14.0 Å². The van der Waals surface area contributed by atoms with Gasteiger partial charge in [0.25, 0.3) is 5.91 Å². The summed E-state index contributed by atoms with van der Waals surface area (Å²) in [6, 6.07) is 3.66. The number of fused-ring (bicyclic) bond motifs is 1. The highest BCUT2D eigenvalue weighted by molar-refractivity contribution is 7.17. The van der Waals surface area contributed by atoms with Gasteiger partial charge >= 0.3 is 5.97 Å². The van der Waals surface area contributed by atoms with Crippen molar-refractivity contribution in [2.45, 2.75) is 26.2 Å². The van der Waals surface area contributed by atoms with E-state index < -0.39 is 17.7 Å². The molecule has 1 N–H and O–H groups in total. The minimum absolute atomic E-state index is 0.0834. The van der Waals surface area contributed by atoms with Crippen molar-refractivity contribution in [1.82, 2.24) is 0 Å². The molecule has 0 saturated heterocycles. The van der Waals surface area contributed by atoms with Gasteiger partial charge in [0.1, 0.15) is 16.6 Å². The molecular weight excluding hydrogens is 381 g/mol. The molecular formula is C18H17ClFNO4S. The normalized spacial score (nSPS) is 12.6. The van der Waals surface area contributed by atoms with E-state index in [2.05, 4.69) is 5.32 Å². The first kappa shape index (κ1) is 18.7. The van der Waals surface area contributed by atoms with Crippen LogP contribution < -0.4 is 10.1 Å². The summed E-state index contributed by atoms with van der Waals surface area (Å²) in [6.07, 6.45) is 2.69. The lowest BCUT2D eigenvalue weighted by Gasteiger charge is -2.10. The maximum absolute atomic E-state index is 13.0. The topological polar surface area (TPSA) is 64.6 Å². The molecule has 1 heterocycles. The number of ether oxygens (including phenoxy) is 2. The largest absolute Gasteiger partial charge is 0.482 e. The Hall–Kier alpha value is -2.12. The minimum Gasteiger partial charge on any atom is -0.482 e. The molecule has 0 unspecified atom stereocenters. The SMILES string of the molecule is CCOC(=O)c1c(NC(=O)COc2ccc(F)cc2Cl)sc2c1CCC2. The highest BCUT2D eigenvalue weighted by Crippen LogP contribution is 2.39. The van der Waals surface area contributed by atoms with Gasteiger partial charge in [-0.3, -0.25) is 4.79 Å². The number of carbonyl (C=O) groups is 2. The standard InChI is InChI=1S/C18H17ClFNO4S/c1-2-24-18(23)16-11-4-3-5-14(11)26-17(16)21-15(22)9-25-13-7-6-10(20)8-12(13)19/h6-8H,2-5,9H2,1H3,(H,21,22). The van der Waals surface area contributed by atoms with Gasteiger partial charge < -0.3 is 14.8 Å². The van der Waals surface area contributed by atoms with Crippen molar-refractivity contribution in [3.63, 3.8) is 0 Å². The molecule has 0 spiro atoms. The molecule has 8 heteroatoms. The number of nitrogens with one attached hydrogen (secondary N) is 1. The molecule has 0 fully saturated rings. The van der Waals surface area contributed by atoms with E-state index >= 15 is 0 Å². The quantitative estimate of drug-likeness (QED) is 0.741. The zero-order valence-electron chi connectivity index (χ0n) is 14.1. The number of rotatable bonds is 6. The summed E-state index contributed by atoms with van der Waals surface area (Å²) in [5.74, 6) is -1.14. The first-order valence-corrected chi connectivity index (χ1v) is 9.38. The van der Waals surface area contributed by atoms with Crippen molar-refractivity contribution in [3.05, 3.63) is 45.0 Å². The van der Waals surface area contributed by atoms with Crippen LogP contribution in [-0.2, 0) is 22.4 Å². The van der Waals surface area contributed by atoms with Gasteiger partial charge in [0, 0.05) is 4.88 Å². The van der Waals surface area contributed by atoms with Gasteiger partial charge in [0.2, 0.25) is 0 Å². The first-order chi connectivity index (χ1) is 12.5. The van der Waals surface area contributed by atoms with Crippen LogP contribution in [0.1, 0.15) is 34.1 Å². The third kappa shape index (κ3) is 3.99. The van der Waals surface area contributed by atoms with Crippen LogP contribution in [0.25, 0.3) is 0 Å². The summed E-state index contributed by atoms with van der Waals surface area (Å²) in [7, 11) is 0. The number of hydrogen-bond acceptors (Lipinski definition) is 5. The van der Waals surface area contributed by atoms with Crippen LogP contribution in [0.3, 0.4) is 0 Å². The predicted octanol–water partition coefficient (Wildman–Crippen LogP) is 4.22. The second-order valence-corrected chi connectivity index (χ2v) is 7.21. The number of aryl methyl sites for hydroxylation is 1. The maximum Gasteiger partial charge on any atom is 0.341 e. The van der Waals surface area contributed by atoms with Crippen molar-refractivity contribution >= 4 is 39.8 Å². The average Bonchev–Trinajstić information content (AvgIpc) is 3.14. The molecule has 2 aromatic rings. The number of halogens is 2. The number of carbonyl (C=O) groups excluding carboxylic acids is 2. The Labute approximate surface area is 159 Å². The van der Waals surface area contributed by atoms with Gasteiger partial charge in [-0.1, -0.05) is 11.6 Å². The van der Waals surface area contributed by atoms with Crippen molar-refractivity contribution in [3.8, 4) is 5.75 Å². The summed E-state index contributed by atoms with van der Waals surface area (Å²) in [5, 5.41) is 3.28. The fraction of sp³-hybridized carbons (Fsp3) is 0.333. The molecule has 138 valence electrons. The van der Waals surface area contributed by atoms with Gasteiger partial charge in [-0.05, 0) is 49.9 Å². The highest BCUT2D eigenvalue weighted by atomic mass is 35.5. The molecule has 0 aliphatic heterocycles. The van der Waals surface area contributed by atoms with E-state index in [0.29, 0.717) is 10.6 Å². The Morgan fingerprint density at radius 1 is 1.35 bits per heavy atom. The third-order valence-electron chi connectivity index (χ3n) is 3.91.